The third-order valence-electron chi connectivity index (χ3n) is 1.99. The Kier molecular flexibility index (Phi) is 3.68. The molecule has 0 atom stereocenters. The lowest BCUT2D eigenvalue weighted by Gasteiger charge is -2.15. The predicted molar refractivity (Wildman–Crippen MR) is 57.5 cm³/mol. The van der Waals surface area contributed by atoms with Crippen molar-refractivity contribution in [2.45, 2.75) is 0 Å². The Hall–Kier alpha value is -1.55. The van der Waals surface area contributed by atoms with Gasteiger partial charge in [0.2, 0.25) is 5.91 Å². The number of carbonyl (C=O) groups is 2. The van der Waals surface area contributed by atoms with Crippen LogP contribution in [0.2, 0.25) is 0 Å². The second-order valence-corrected chi connectivity index (χ2v) is 3.21. The summed E-state index contributed by atoms with van der Waals surface area (Å²) in [6, 6.07) is 6.01. The maximum absolute atomic E-state index is 11.2. The highest BCUT2D eigenvalue weighted by Gasteiger charge is 2.09. The third-order valence-corrected chi connectivity index (χ3v) is 2.22. The molecule has 0 aliphatic rings. The largest absolute Gasteiger partial charge is 0.478 e. The number of benzene rings is 1. The molecule has 1 aromatic rings. The normalized spacial score (nSPS) is 9.73. The maximum atomic E-state index is 11.2. The number of aromatic carboxylic acids is 1. The lowest BCUT2D eigenvalue weighted by atomic mass is 10.2. The third kappa shape index (κ3) is 2.70. The number of anilines is 1. The Bertz CT molecular complexity index is 375. The van der Waals surface area contributed by atoms with Crippen molar-refractivity contribution in [2.24, 2.45) is 0 Å². The Balaban J connectivity index is 2.89. The van der Waals surface area contributed by atoms with Crippen molar-refractivity contribution in [3.63, 3.8) is 0 Å². The van der Waals surface area contributed by atoms with Crippen LogP contribution in [0.5, 0.6) is 0 Å². The van der Waals surface area contributed by atoms with Gasteiger partial charge in [0.25, 0.3) is 0 Å². The van der Waals surface area contributed by atoms with Crippen LogP contribution >= 0.6 is 11.6 Å². The van der Waals surface area contributed by atoms with Gasteiger partial charge in [-0.1, -0.05) is 0 Å². The number of carbonyl (C=O) groups excluding carboxylic acids is 1. The number of rotatable bonds is 3. The smallest absolute Gasteiger partial charge is 0.335 e. The summed E-state index contributed by atoms with van der Waals surface area (Å²) in [5, 5.41) is 8.67. The second-order valence-electron chi connectivity index (χ2n) is 2.94. The zero-order valence-corrected chi connectivity index (χ0v) is 8.86. The number of carboxylic acid groups (broad SMARTS) is 1. The van der Waals surface area contributed by atoms with Crippen LogP contribution in [0.3, 0.4) is 0 Å². The molecule has 1 aromatic carbocycles. The lowest BCUT2D eigenvalue weighted by Crippen LogP contribution is -2.27. The summed E-state index contributed by atoms with van der Waals surface area (Å²) in [6.07, 6.45) is 0. The zero-order chi connectivity index (χ0) is 11.4. The molecule has 0 bridgehead atoms. The minimum atomic E-state index is -0.993. The molecule has 0 radical (unpaired) electrons. The zero-order valence-electron chi connectivity index (χ0n) is 8.11. The number of nitrogens with zero attached hydrogens (tertiary/aromatic N) is 1. The van der Waals surface area contributed by atoms with E-state index in [0.29, 0.717) is 5.69 Å². The molecule has 0 saturated heterocycles. The molecule has 0 aliphatic heterocycles. The highest BCUT2D eigenvalue weighted by Crippen LogP contribution is 2.14. The van der Waals surface area contributed by atoms with Gasteiger partial charge in [-0.2, -0.15) is 0 Å². The summed E-state index contributed by atoms with van der Waals surface area (Å²) in [5.74, 6) is -1.33. The second kappa shape index (κ2) is 4.79. The summed E-state index contributed by atoms with van der Waals surface area (Å²) in [5.41, 5.74) is 0.802. The fourth-order valence-corrected chi connectivity index (χ4v) is 1.24. The highest BCUT2D eigenvalue weighted by atomic mass is 35.5. The van der Waals surface area contributed by atoms with Crippen molar-refractivity contribution in [1.29, 1.82) is 0 Å². The molecule has 15 heavy (non-hydrogen) atoms. The number of amides is 1. The molecular weight excluding hydrogens is 218 g/mol. The van der Waals surface area contributed by atoms with E-state index in [-0.39, 0.29) is 17.4 Å². The average Bonchev–Trinajstić information content (AvgIpc) is 2.27. The van der Waals surface area contributed by atoms with Crippen molar-refractivity contribution in [3.8, 4) is 0 Å². The molecule has 1 N–H and O–H groups in total. The Labute approximate surface area is 92.1 Å². The molecule has 5 heteroatoms. The fourth-order valence-electron chi connectivity index (χ4n) is 1.06. The summed E-state index contributed by atoms with van der Waals surface area (Å²) in [7, 11) is 1.58. The number of hydrogen-bond acceptors (Lipinski definition) is 2. The van der Waals surface area contributed by atoms with Gasteiger partial charge in [0, 0.05) is 12.7 Å². The predicted octanol–water partition coefficient (Wildman–Crippen LogP) is 1.59. The van der Waals surface area contributed by atoms with Crippen LogP contribution in [0.1, 0.15) is 10.4 Å². The first kappa shape index (κ1) is 11.5. The molecule has 0 aliphatic carbocycles. The molecule has 0 aromatic heterocycles. The minimum absolute atomic E-state index is 0.100. The lowest BCUT2D eigenvalue weighted by molar-refractivity contribution is -0.116. The topological polar surface area (TPSA) is 57.6 Å². The Morgan fingerprint density at radius 2 is 1.87 bits per heavy atom. The van der Waals surface area contributed by atoms with Gasteiger partial charge in [0.05, 0.1) is 5.56 Å². The van der Waals surface area contributed by atoms with E-state index in [1.807, 2.05) is 0 Å². The van der Waals surface area contributed by atoms with E-state index >= 15 is 0 Å². The van der Waals surface area contributed by atoms with Gasteiger partial charge >= 0.3 is 5.97 Å². The van der Waals surface area contributed by atoms with E-state index in [0.717, 1.165) is 0 Å². The number of alkyl halides is 1. The fraction of sp³-hybridized carbons (Fsp3) is 0.200. The van der Waals surface area contributed by atoms with Crippen LogP contribution in [-0.2, 0) is 4.79 Å². The summed E-state index contributed by atoms with van der Waals surface area (Å²) in [6.45, 7) is 0. The number of carboxylic acids is 1. The molecule has 1 amide bonds. The van der Waals surface area contributed by atoms with E-state index in [4.69, 9.17) is 16.7 Å². The Morgan fingerprint density at radius 1 is 1.33 bits per heavy atom. The van der Waals surface area contributed by atoms with E-state index in [1.165, 1.54) is 17.0 Å². The summed E-state index contributed by atoms with van der Waals surface area (Å²) >= 11 is 5.39. The van der Waals surface area contributed by atoms with Gasteiger partial charge in [-0.05, 0) is 24.3 Å². The van der Waals surface area contributed by atoms with Crippen LogP contribution in [0, 0.1) is 0 Å². The number of hydrogen-bond donors (Lipinski definition) is 1. The van der Waals surface area contributed by atoms with Crippen molar-refractivity contribution < 1.29 is 14.7 Å². The first-order valence-electron chi connectivity index (χ1n) is 4.22. The minimum Gasteiger partial charge on any atom is -0.478 e. The molecule has 0 heterocycles. The first-order valence-corrected chi connectivity index (χ1v) is 4.75. The van der Waals surface area contributed by atoms with Gasteiger partial charge in [-0.25, -0.2) is 4.79 Å². The first-order chi connectivity index (χ1) is 7.06. The van der Waals surface area contributed by atoms with Crippen molar-refractivity contribution in [2.75, 3.05) is 17.8 Å². The van der Waals surface area contributed by atoms with Gasteiger partial charge in [0.1, 0.15) is 5.88 Å². The van der Waals surface area contributed by atoms with Crippen LogP contribution < -0.4 is 4.90 Å². The standard InChI is InChI=1S/C10H10ClNO3/c1-12(9(13)6-11)8-4-2-7(3-5-8)10(14)15/h2-5H,6H2,1H3,(H,14,15). The van der Waals surface area contributed by atoms with Crippen molar-refractivity contribution in [1.82, 2.24) is 0 Å². The quantitative estimate of drug-likeness (QED) is 0.798. The average molecular weight is 228 g/mol. The van der Waals surface area contributed by atoms with E-state index < -0.39 is 5.97 Å². The van der Waals surface area contributed by atoms with E-state index in [9.17, 15) is 9.59 Å². The molecule has 0 spiro atoms. The highest BCUT2D eigenvalue weighted by molar-refractivity contribution is 6.29. The summed E-state index contributed by atoms with van der Waals surface area (Å²) in [4.78, 5) is 23.2. The summed E-state index contributed by atoms with van der Waals surface area (Å²) < 4.78 is 0. The van der Waals surface area contributed by atoms with Crippen LogP contribution in [0.15, 0.2) is 24.3 Å². The molecule has 0 fully saturated rings. The van der Waals surface area contributed by atoms with Crippen molar-refractivity contribution in [3.05, 3.63) is 29.8 Å². The SMILES string of the molecule is CN(C(=O)CCl)c1ccc(C(=O)O)cc1. The monoisotopic (exact) mass is 227 g/mol. The molecule has 0 saturated carbocycles. The van der Waals surface area contributed by atoms with Gasteiger partial charge in [-0.3, -0.25) is 4.79 Å². The van der Waals surface area contributed by atoms with E-state index in [1.54, 1.807) is 19.2 Å². The van der Waals surface area contributed by atoms with Gasteiger partial charge < -0.3 is 10.0 Å². The van der Waals surface area contributed by atoms with Crippen LogP contribution in [-0.4, -0.2) is 29.9 Å². The molecule has 0 unspecified atom stereocenters. The number of halogens is 1. The van der Waals surface area contributed by atoms with E-state index in [2.05, 4.69) is 0 Å². The molecule has 1 rings (SSSR count). The molecular formula is C10H10ClNO3. The van der Waals surface area contributed by atoms with Gasteiger partial charge in [-0.15, -0.1) is 11.6 Å². The maximum Gasteiger partial charge on any atom is 0.335 e. The van der Waals surface area contributed by atoms with Crippen LogP contribution in [0.4, 0.5) is 5.69 Å². The Morgan fingerprint density at radius 3 is 2.27 bits per heavy atom. The molecule has 80 valence electrons. The van der Waals surface area contributed by atoms with Crippen molar-refractivity contribution >= 4 is 29.2 Å². The van der Waals surface area contributed by atoms with Gasteiger partial charge in [0.15, 0.2) is 0 Å². The molecule has 4 nitrogen and oxygen atoms in total. The van der Waals surface area contributed by atoms with Crippen LogP contribution in [0.25, 0.3) is 0 Å².